The molecule has 0 aliphatic rings. The highest BCUT2D eigenvalue weighted by Gasteiger charge is 2.11. The van der Waals surface area contributed by atoms with Gasteiger partial charge in [0.25, 0.3) is 0 Å². The zero-order valence-electron chi connectivity index (χ0n) is 21.2. The van der Waals surface area contributed by atoms with Gasteiger partial charge in [0.05, 0.1) is 0 Å². The van der Waals surface area contributed by atoms with Crippen LogP contribution >= 0.6 is 0 Å². The molecule has 7 rings (SSSR count). The minimum absolute atomic E-state index is 0. The van der Waals surface area contributed by atoms with Crippen molar-refractivity contribution in [1.29, 1.82) is 0 Å². The summed E-state index contributed by atoms with van der Waals surface area (Å²) < 4.78 is 11.8. The van der Waals surface area contributed by atoms with Crippen molar-refractivity contribution in [3.8, 4) is 11.1 Å². The molecule has 0 aliphatic heterocycles. The van der Waals surface area contributed by atoms with Gasteiger partial charge in [-0.3, -0.25) is 0 Å². The Morgan fingerprint density at radius 1 is 0.500 bits per heavy atom. The molecular weight excluding hydrogens is 440 g/mol. The molecule has 7 aromatic rings. The van der Waals surface area contributed by atoms with E-state index in [1.807, 2.05) is 56.3 Å². The van der Waals surface area contributed by atoms with Gasteiger partial charge in [-0.1, -0.05) is 110 Å². The first-order valence-corrected chi connectivity index (χ1v) is 12.5. The van der Waals surface area contributed by atoms with E-state index in [4.69, 9.17) is 8.83 Å². The Kier molecular flexibility index (Phi) is 6.60. The average Bonchev–Trinajstić information content (AvgIpc) is 3.50. The maximum Gasteiger partial charge on any atom is 0.143 e. The summed E-state index contributed by atoms with van der Waals surface area (Å²) >= 11 is 0. The second-order valence-corrected chi connectivity index (χ2v) is 8.69. The van der Waals surface area contributed by atoms with Gasteiger partial charge < -0.3 is 8.83 Å². The van der Waals surface area contributed by atoms with Gasteiger partial charge in [-0.05, 0) is 43.2 Å². The summed E-state index contributed by atoms with van der Waals surface area (Å²) in [6, 6.07) is 37.4. The maximum absolute atomic E-state index is 6.07. The van der Waals surface area contributed by atoms with Crippen molar-refractivity contribution in [1.82, 2.24) is 0 Å². The van der Waals surface area contributed by atoms with Crippen molar-refractivity contribution in [2.75, 3.05) is 0 Å². The lowest BCUT2D eigenvalue weighted by Gasteiger charge is -2.03. The minimum atomic E-state index is 0. The topological polar surface area (TPSA) is 26.3 Å². The van der Waals surface area contributed by atoms with Gasteiger partial charge in [0.1, 0.15) is 22.3 Å². The summed E-state index contributed by atoms with van der Waals surface area (Å²) in [5.74, 6) is 0. The van der Waals surface area contributed by atoms with Crippen molar-refractivity contribution < 1.29 is 10.3 Å². The summed E-state index contributed by atoms with van der Waals surface area (Å²) in [4.78, 5) is 0. The molecule has 2 aromatic heterocycles. The maximum atomic E-state index is 6.07. The Hall–Kier alpha value is -4.30. The van der Waals surface area contributed by atoms with Crippen LogP contribution in [0.4, 0.5) is 0 Å². The van der Waals surface area contributed by atoms with Crippen LogP contribution in [0.25, 0.3) is 55.0 Å². The fraction of sp³-hybridized carbons (Fsp3) is 0.118. The number of para-hydroxylation sites is 3. The molecule has 0 amide bonds. The third-order valence-corrected chi connectivity index (χ3v) is 6.38. The predicted octanol–water partition coefficient (Wildman–Crippen LogP) is 10.7. The number of hydrogen-bond donors (Lipinski definition) is 0. The SMILES string of the molecule is CC.Cc1ccc(-c2cccc3c2oc2ccccc23)cc1.Cc1cccc2oc3ccccc3c12.[HH]. The molecule has 180 valence electrons. The van der Waals surface area contributed by atoms with Crippen LogP contribution in [0.2, 0.25) is 0 Å². The first-order valence-electron chi connectivity index (χ1n) is 12.5. The highest BCUT2D eigenvalue weighted by Crippen LogP contribution is 2.35. The molecule has 0 N–H and O–H groups in total. The Labute approximate surface area is 213 Å². The summed E-state index contributed by atoms with van der Waals surface area (Å²) in [5, 5.41) is 4.80. The largest absolute Gasteiger partial charge is 0.456 e. The van der Waals surface area contributed by atoms with Gasteiger partial charge in [-0.25, -0.2) is 0 Å². The molecule has 0 bridgehead atoms. The van der Waals surface area contributed by atoms with Crippen molar-refractivity contribution in [2.45, 2.75) is 27.7 Å². The summed E-state index contributed by atoms with van der Waals surface area (Å²) in [6.45, 7) is 8.22. The molecule has 0 saturated carbocycles. The van der Waals surface area contributed by atoms with E-state index in [2.05, 4.69) is 80.6 Å². The van der Waals surface area contributed by atoms with Crippen LogP contribution in [0.5, 0.6) is 0 Å². The fourth-order valence-corrected chi connectivity index (χ4v) is 4.66. The monoisotopic (exact) mass is 472 g/mol. The smallest absolute Gasteiger partial charge is 0.143 e. The lowest BCUT2D eigenvalue weighted by Crippen LogP contribution is -1.79. The molecule has 0 fully saturated rings. The average molecular weight is 473 g/mol. The molecule has 2 nitrogen and oxygen atoms in total. The van der Waals surface area contributed by atoms with E-state index >= 15 is 0 Å². The summed E-state index contributed by atoms with van der Waals surface area (Å²) in [7, 11) is 0. The van der Waals surface area contributed by atoms with Gasteiger partial charge in [0.15, 0.2) is 0 Å². The Bertz CT molecular complexity index is 1770. The van der Waals surface area contributed by atoms with Crippen LogP contribution in [0.1, 0.15) is 26.4 Å². The van der Waals surface area contributed by atoms with Crippen LogP contribution in [0.15, 0.2) is 118 Å². The Morgan fingerprint density at radius 2 is 1.08 bits per heavy atom. The molecular formula is C34H32O2. The molecule has 36 heavy (non-hydrogen) atoms. The second-order valence-electron chi connectivity index (χ2n) is 8.69. The molecule has 0 saturated heterocycles. The lowest BCUT2D eigenvalue weighted by molar-refractivity contribution is 0.668. The van der Waals surface area contributed by atoms with E-state index in [0.29, 0.717) is 0 Å². The van der Waals surface area contributed by atoms with Crippen LogP contribution in [0, 0.1) is 13.8 Å². The Morgan fingerprint density at radius 3 is 1.83 bits per heavy atom. The van der Waals surface area contributed by atoms with Crippen LogP contribution in [-0.4, -0.2) is 0 Å². The number of hydrogen-bond acceptors (Lipinski definition) is 2. The van der Waals surface area contributed by atoms with E-state index in [9.17, 15) is 0 Å². The number of aryl methyl sites for hydroxylation is 2. The third kappa shape index (κ3) is 4.27. The third-order valence-electron chi connectivity index (χ3n) is 6.38. The van der Waals surface area contributed by atoms with E-state index in [-0.39, 0.29) is 1.43 Å². The quantitative estimate of drug-likeness (QED) is 0.237. The van der Waals surface area contributed by atoms with Gasteiger partial charge in [0, 0.05) is 28.5 Å². The fourth-order valence-electron chi connectivity index (χ4n) is 4.66. The highest BCUT2D eigenvalue weighted by atomic mass is 16.3. The normalized spacial score (nSPS) is 10.8. The van der Waals surface area contributed by atoms with Crippen LogP contribution in [-0.2, 0) is 0 Å². The lowest BCUT2D eigenvalue weighted by atomic mass is 10.0. The summed E-state index contributed by atoms with van der Waals surface area (Å²) in [6.07, 6.45) is 0. The molecule has 2 heterocycles. The van der Waals surface area contributed by atoms with Crippen molar-refractivity contribution in [3.05, 3.63) is 120 Å². The second kappa shape index (κ2) is 10.1. The van der Waals surface area contributed by atoms with Gasteiger partial charge in [-0.15, -0.1) is 0 Å². The molecule has 0 atom stereocenters. The number of fused-ring (bicyclic) bond motifs is 6. The molecule has 2 heteroatoms. The Balaban J connectivity index is 0.000000166. The van der Waals surface area contributed by atoms with Crippen molar-refractivity contribution in [2.24, 2.45) is 0 Å². The van der Waals surface area contributed by atoms with Crippen LogP contribution < -0.4 is 0 Å². The van der Waals surface area contributed by atoms with Crippen molar-refractivity contribution >= 4 is 43.9 Å². The zero-order valence-corrected chi connectivity index (χ0v) is 21.2. The van der Waals surface area contributed by atoms with Crippen molar-refractivity contribution in [3.63, 3.8) is 0 Å². The van der Waals surface area contributed by atoms with Gasteiger partial charge in [-0.2, -0.15) is 0 Å². The molecule has 0 radical (unpaired) electrons. The number of benzene rings is 5. The molecule has 0 unspecified atom stereocenters. The molecule has 0 aliphatic carbocycles. The van der Waals surface area contributed by atoms with E-state index in [0.717, 1.165) is 27.9 Å². The van der Waals surface area contributed by atoms with Gasteiger partial charge >= 0.3 is 0 Å². The summed E-state index contributed by atoms with van der Waals surface area (Å²) in [5.41, 5.74) is 8.75. The van der Waals surface area contributed by atoms with E-state index in [1.165, 1.54) is 38.2 Å². The number of rotatable bonds is 1. The van der Waals surface area contributed by atoms with Crippen LogP contribution in [0.3, 0.4) is 0 Å². The first kappa shape index (κ1) is 23.4. The standard InChI is InChI=1S/C19H14O.C13H10O.C2H6.H2/c1-13-9-11-14(12-10-13)15-6-4-7-17-16-5-2-3-8-18(16)20-19(15)17;1-9-5-4-8-12-13(9)10-6-2-3-7-11(10)14-12;1-2;/h2-12H,1H3;2-8H,1H3;1-2H3;1H. The predicted molar refractivity (Wildman–Crippen MR) is 156 cm³/mol. The molecule has 0 spiro atoms. The number of furan rings is 2. The molecule has 5 aromatic carbocycles. The minimum Gasteiger partial charge on any atom is -0.456 e. The zero-order chi connectivity index (χ0) is 25.1. The first-order chi connectivity index (χ1) is 17.7. The highest BCUT2D eigenvalue weighted by molar-refractivity contribution is 6.09. The van der Waals surface area contributed by atoms with E-state index in [1.54, 1.807) is 0 Å². The van der Waals surface area contributed by atoms with Gasteiger partial charge in [0.2, 0.25) is 0 Å². The van der Waals surface area contributed by atoms with E-state index < -0.39 is 0 Å².